The van der Waals surface area contributed by atoms with Crippen LogP contribution in [0.25, 0.3) is 0 Å². The number of rotatable bonds is 4. The maximum absolute atomic E-state index is 11.2. The lowest BCUT2D eigenvalue weighted by Gasteiger charge is -2.18. The minimum atomic E-state index is -0.190. The molecule has 4 nitrogen and oxygen atoms in total. The fourth-order valence-electron chi connectivity index (χ4n) is 3.01. The van der Waals surface area contributed by atoms with Gasteiger partial charge in [0.05, 0.1) is 0 Å². The van der Waals surface area contributed by atoms with Crippen LogP contribution in [0.15, 0.2) is 24.3 Å². The van der Waals surface area contributed by atoms with Crippen LogP contribution >= 0.6 is 0 Å². The standard InChI is InChI=1S/C17H27N3O/c1-3-13-5-4-6-14(8-7-13)19-15-9-11-16(12-10-15)20-17(21)18-2/h9-14,19H,3-8H2,1-2H3,(H2,18,20,21). The van der Waals surface area contributed by atoms with E-state index < -0.39 is 0 Å². The molecule has 3 N–H and O–H groups in total. The summed E-state index contributed by atoms with van der Waals surface area (Å²) in [5.41, 5.74) is 1.95. The second-order valence-corrected chi connectivity index (χ2v) is 5.91. The van der Waals surface area contributed by atoms with Gasteiger partial charge in [0.1, 0.15) is 0 Å². The zero-order chi connectivity index (χ0) is 15.1. The van der Waals surface area contributed by atoms with Crippen LogP contribution in [-0.2, 0) is 0 Å². The van der Waals surface area contributed by atoms with E-state index in [1.807, 2.05) is 24.3 Å². The van der Waals surface area contributed by atoms with Gasteiger partial charge in [0.2, 0.25) is 0 Å². The molecule has 1 aromatic carbocycles. The predicted molar refractivity (Wildman–Crippen MR) is 88.8 cm³/mol. The van der Waals surface area contributed by atoms with Crippen molar-refractivity contribution in [1.29, 1.82) is 0 Å². The van der Waals surface area contributed by atoms with Crippen molar-refractivity contribution in [2.75, 3.05) is 17.7 Å². The number of amides is 2. The van der Waals surface area contributed by atoms with Crippen molar-refractivity contribution >= 4 is 17.4 Å². The van der Waals surface area contributed by atoms with E-state index in [9.17, 15) is 4.79 Å². The van der Waals surface area contributed by atoms with Crippen molar-refractivity contribution in [1.82, 2.24) is 5.32 Å². The highest BCUT2D eigenvalue weighted by Crippen LogP contribution is 2.27. The van der Waals surface area contributed by atoms with E-state index in [0.29, 0.717) is 6.04 Å². The number of hydrogen-bond acceptors (Lipinski definition) is 2. The Hall–Kier alpha value is -1.71. The van der Waals surface area contributed by atoms with Crippen LogP contribution in [0.2, 0.25) is 0 Å². The largest absolute Gasteiger partial charge is 0.382 e. The number of benzene rings is 1. The van der Waals surface area contributed by atoms with Gasteiger partial charge in [-0.1, -0.05) is 26.2 Å². The van der Waals surface area contributed by atoms with Crippen molar-refractivity contribution in [3.8, 4) is 0 Å². The summed E-state index contributed by atoms with van der Waals surface area (Å²) in [7, 11) is 1.61. The Labute approximate surface area is 127 Å². The highest BCUT2D eigenvalue weighted by atomic mass is 16.2. The lowest BCUT2D eigenvalue weighted by molar-refractivity contribution is 0.254. The molecule has 0 aliphatic heterocycles. The Balaban J connectivity index is 1.86. The Morgan fingerprint density at radius 1 is 1.10 bits per heavy atom. The van der Waals surface area contributed by atoms with Gasteiger partial charge in [-0.3, -0.25) is 0 Å². The first-order valence-electron chi connectivity index (χ1n) is 8.06. The summed E-state index contributed by atoms with van der Waals surface area (Å²) in [5.74, 6) is 0.913. The first-order valence-corrected chi connectivity index (χ1v) is 8.06. The Morgan fingerprint density at radius 2 is 1.81 bits per heavy atom. The molecule has 116 valence electrons. The fourth-order valence-corrected chi connectivity index (χ4v) is 3.01. The van der Waals surface area contributed by atoms with Crippen LogP contribution in [0, 0.1) is 5.92 Å². The van der Waals surface area contributed by atoms with Crippen LogP contribution in [0.3, 0.4) is 0 Å². The first kappa shape index (κ1) is 15.7. The maximum atomic E-state index is 11.2. The highest BCUT2D eigenvalue weighted by molar-refractivity contribution is 5.89. The molecule has 0 saturated heterocycles. The maximum Gasteiger partial charge on any atom is 0.318 e. The number of urea groups is 1. The third kappa shape index (κ3) is 4.96. The topological polar surface area (TPSA) is 53.2 Å². The summed E-state index contributed by atoms with van der Waals surface area (Å²) in [4.78, 5) is 11.2. The quantitative estimate of drug-likeness (QED) is 0.727. The number of nitrogens with one attached hydrogen (secondary N) is 3. The van der Waals surface area contributed by atoms with Crippen LogP contribution in [0.5, 0.6) is 0 Å². The molecule has 2 atom stereocenters. The van der Waals surface area contributed by atoms with Gasteiger partial charge >= 0.3 is 6.03 Å². The Kier molecular flexibility index (Phi) is 5.90. The number of carbonyl (C=O) groups is 1. The molecule has 4 heteroatoms. The molecule has 0 bridgehead atoms. The van der Waals surface area contributed by atoms with E-state index >= 15 is 0 Å². The van der Waals surface area contributed by atoms with Gasteiger partial charge in [-0.05, 0) is 49.4 Å². The molecule has 2 amide bonds. The minimum Gasteiger partial charge on any atom is -0.382 e. The lowest BCUT2D eigenvalue weighted by Crippen LogP contribution is -2.24. The molecule has 2 unspecified atom stereocenters. The third-order valence-corrected chi connectivity index (χ3v) is 4.41. The van der Waals surface area contributed by atoms with E-state index in [1.54, 1.807) is 7.05 Å². The van der Waals surface area contributed by atoms with E-state index in [-0.39, 0.29) is 6.03 Å². The molecular formula is C17H27N3O. The van der Waals surface area contributed by atoms with Crippen LogP contribution in [-0.4, -0.2) is 19.1 Å². The van der Waals surface area contributed by atoms with Crippen LogP contribution in [0.4, 0.5) is 16.2 Å². The van der Waals surface area contributed by atoms with Crippen molar-refractivity contribution in [3.05, 3.63) is 24.3 Å². The van der Waals surface area contributed by atoms with Crippen molar-refractivity contribution in [2.24, 2.45) is 5.92 Å². The monoisotopic (exact) mass is 289 g/mol. The minimum absolute atomic E-state index is 0.190. The van der Waals surface area contributed by atoms with E-state index in [2.05, 4.69) is 22.9 Å². The van der Waals surface area contributed by atoms with Crippen molar-refractivity contribution in [3.63, 3.8) is 0 Å². The van der Waals surface area contributed by atoms with Gasteiger partial charge in [0.25, 0.3) is 0 Å². The lowest BCUT2D eigenvalue weighted by atomic mass is 9.98. The summed E-state index contributed by atoms with van der Waals surface area (Å²) >= 11 is 0. The molecule has 0 heterocycles. The number of hydrogen-bond donors (Lipinski definition) is 3. The second-order valence-electron chi connectivity index (χ2n) is 5.91. The van der Waals surface area contributed by atoms with Crippen LogP contribution in [0.1, 0.15) is 45.4 Å². The Bertz CT molecular complexity index is 444. The van der Waals surface area contributed by atoms with Gasteiger partial charge in [-0.15, -0.1) is 0 Å². The summed E-state index contributed by atoms with van der Waals surface area (Å²) in [6, 6.07) is 8.33. The molecule has 0 radical (unpaired) electrons. The van der Waals surface area contributed by atoms with Gasteiger partial charge in [-0.2, -0.15) is 0 Å². The molecule has 1 aliphatic carbocycles. The molecular weight excluding hydrogens is 262 g/mol. The van der Waals surface area contributed by atoms with Gasteiger partial charge in [0.15, 0.2) is 0 Å². The van der Waals surface area contributed by atoms with Crippen LogP contribution < -0.4 is 16.0 Å². The summed E-state index contributed by atoms with van der Waals surface area (Å²) < 4.78 is 0. The summed E-state index contributed by atoms with van der Waals surface area (Å²) in [5, 5.41) is 8.94. The molecule has 0 aromatic heterocycles. The normalized spacial score (nSPS) is 22.2. The molecule has 1 aromatic rings. The highest BCUT2D eigenvalue weighted by Gasteiger charge is 2.17. The van der Waals surface area contributed by atoms with E-state index in [4.69, 9.17) is 0 Å². The number of anilines is 2. The fraction of sp³-hybridized carbons (Fsp3) is 0.588. The Morgan fingerprint density at radius 3 is 2.48 bits per heavy atom. The smallest absolute Gasteiger partial charge is 0.318 e. The molecule has 1 fully saturated rings. The van der Waals surface area contributed by atoms with Gasteiger partial charge < -0.3 is 16.0 Å². The summed E-state index contributed by atoms with van der Waals surface area (Å²) in [6.45, 7) is 2.30. The van der Waals surface area contributed by atoms with E-state index in [1.165, 1.54) is 38.5 Å². The molecule has 1 aliphatic rings. The summed E-state index contributed by atoms with van der Waals surface area (Å²) in [6.07, 6.45) is 7.87. The SMILES string of the molecule is CCC1CCCC(Nc2ccc(NC(=O)NC)cc2)CC1. The van der Waals surface area contributed by atoms with Gasteiger partial charge in [0, 0.05) is 24.5 Å². The van der Waals surface area contributed by atoms with Crippen molar-refractivity contribution < 1.29 is 4.79 Å². The average Bonchev–Trinajstić information content (AvgIpc) is 2.74. The second kappa shape index (κ2) is 7.91. The molecule has 21 heavy (non-hydrogen) atoms. The average molecular weight is 289 g/mol. The number of carbonyl (C=O) groups excluding carboxylic acids is 1. The first-order chi connectivity index (χ1) is 10.2. The third-order valence-electron chi connectivity index (χ3n) is 4.41. The molecule has 2 rings (SSSR count). The van der Waals surface area contributed by atoms with Gasteiger partial charge in [-0.25, -0.2) is 4.79 Å². The molecule has 1 saturated carbocycles. The van der Waals surface area contributed by atoms with Crippen molar-refractivity contribution in [2.45, 2.75) is 51.5 Å². The predicted octanol–water partition coefficient (Wildman–Crippen LogP) is 4.21. The zero-order valence-electron chi connectivity index (χ0n) is 13.1. The zero-order valence-corrected chi connectivity index (χ0v) is 13.1. The molecule has 0 spiro atoms. The van der Waals surface area contributed by atoms with E-state index in [0.717, 1.165) is 17.3 Å².